The molecule has 0 N–H and O–H groups in total. The fraction of sp³-hybridized carbons (Fsp3) is 1.00. The molecule has 3 heteroatoms. The zero-order valence-electron chi connectivity index (χ0n) is 2.64. The third-order valence-corrected chi connectivity index (χ3v) is 4.85. The standard InChI is InChI=1S/C2H4S3/c1-2-4-5-3-1/h1-2H2. The summed E-state index contributed by atoms with van der Waals surface area (Å²) in [6.45, 7) is 0. The van der Waals surface area contributed by atoms with Crippen molar-refractivity contribution in [3.63, 3.8) is 0 Å². The van der Waals surface area contributed by atoms with Crippen molar-refractivity contribution in [2.45, 2.75) is 0 Å². The monoisotopic (exact) mass is 124 g/mol. The van der Waals surface area contributed by atoms with Gasteiger partial charge < -0.3 is 0 Å². The summed E-state index contributed by atoms with van der Waals surface area (Å²) in [4.78, 5) is 0. The SMILES string of the molecule is C1CSSS1. The minimum atomic E-state index is 1.34. The van der Waals surface area contributed by atoms with Crippen LogP contribution in [0.5, 0.6) is 0 Å². The third kappa shape index (κ3) is 1.28. The van der Waals surface area contributed by atoms with E-state index in [9.17, 15) is 0 Å². The molecule has 1 rings (SSSR count). The van der Waals surface area contributed by atoms with Crippen LogP contribution in [-0.2, 0) is 0 Å². The normalized spacial score (nSPS) is 24.0. The van der Waals surface area contributed by atoms with E-state index in [-0.39, 0.29) is 0 Å². The number of hydrogen-bond acceptors (Lipinski definition) is 3. The molecular formula is C2H4S3. The fourth-order valence-corrected chi connectivity index (χ4v) is 4.59. The van der Waals surface area contributed by atoms with Gasteiger partial charge in [0.1, 0.15) is 0 Å². The van der Waals surface area contributed by atoms with Crippen LogP contribution in [-0.4, -0.2) is 11.5 Å². The van der Waals surface area contributed by atoms with E-state index in [4.69, 9.17) is 0 Å². The van der Waals surface area contributed by atoms with E-state index in [1.54, 1.807) is 0 Å². The predicted molar refractivity (Wildman–Crippen MR) is 32.5 cm³/mol. The van der Waals surface area contributed by atoms with E-state index in [0.717, 1.165) is 0 Å². The molecule has 0 nitrogen and oxygen atoms in total. The van der Waals surface area contributed by atoms with E-state index in [0.29, 0.717) is 0 Å². The van der Waals surface area contributed by atoms with Crippen LogP contribution < -0.4 is 0 Å². The molecule has 0 saturated carbocycles. The summed E-state index contributed by atoms with van der Waals surface area (Å²) < 4.78 is 0. The maximum Gasteiger partial charge on any atom is 0.0145 e. The van der Waals surface area contributed by atoms with Gasteiger partial charge in [-0.1, -0.05) is 21.6 Å². The topological polar surface area (TPSA) is 0 Å². The zero-order chi connectivity index (χ0) is 3.54. The Balaban J connectivity index is 2.08. The van der Waals surface area contributed by atoms with E-state index < -0.39 is 0 Å². The highest BCUT2D eigenvalue weighted by atomic mass is 33.5. The molecule has 0 aromatic heterocycles. The van der Waals surface area contributed by atoms with Crippen LogP contribution in [0.1, 0.15) is 0 Å². The van der Waals surface area contributed by atoms with Gasteiger partial charge in [0.05, 0.1) is 0 Å². The molecule has 0 unspecified atom stereocenters. The molecule has 1 heterocycles. The summed E-state index contributed by atoms with van der Waals surface area (Å²) in [7, 11) is 5.81. The largest absolute Gasteiger partial charge is 0.0817 e. The summed E-state index contributed by atoms with van der Waals surface area (Å²) in [5.41, 5.74) is 0. The van der Waals surface area contributed by atoms with Crippen LogP contribution in [0.4, 0.5) is 0 Å². The minimum absolute atomic E-state index is 1.34. The van der Waals surface area contributed by atoms with Gasteiger partial charge in [-0.2, -0.15) is 0 Å². The third-order valence-electron chi connectivity index (χ3n) is 0.346. The Labute approximate surface area is 43.3 Å². The first-order chi connectivity index (χ1) is 2.50. The molecule has 0 amide bonds. The van der Waals surface area contributed by atoms with Crippen molar-refractivity contribution in [3.8, 4) is 0 Å². The van der Waals surface area contributed by atoms with Crippen molar-refractivity contribution in [2.24, 2.45) is 0 Å². The van der Waals surface area contributed by atoms with Crippen molar-refractivity contribution in [1.82, 2.24) is 0 Å². The average Bonchev–Trinajstić information content (AvgIpc) is 1.76. The Kier molecular flexibility index (Phi) is 1.91. The Bertz CT molecular complexity index is 16.5. The van der Waals surface area contributed by atoms with Crippen molar-refractivity contribution in [2.75, 3.05) is 11.5 Å². The molecule has 0 spiro atoms. The molecule has 1 fully saturated rings. The molecule has 0 radical (unpaired) electrons. The maximum absolute atomic E-state index is 1.95. The lowest BCUT2D eigenvalue weighted by atomic mass is 11.0. The van der Waals surface area contributed by atoms with Crippen LogP contribution in [0.25, 0.3) is 0 Å². The van der Waals surface area contributed by atoms with E-state index in [1.807, 2.05) is 31.4 Å². The lowest BCUT2D eigenvalue weighted by Gasteiger charge is -1.67. The van der Waals surface area contributed by atoms with Gasteiger partial charge in [0.25, 0.3) is 0 Å². The van der Waals surface area contributed by atoms with Gasteiger partial charge in [0.2, 0.25) is 0 Å². The number of hydrogen-bond donors (Lipinski definition) is 0. The molecule has 1 saturated heterocycles. The van der Waals surface area contributed by atoms with Crippen molar-refractivity contribution >= 4 is 31.4 Å². The second kappa shape index (κ2) is 2.26. The molecule has 0 aromatic carbocycles. The van der Waals surface area contributed by atoms with E-state index in [2.05, 4.69) is 0 Å². The first-order valence-electron chi connectivity index (χ1n) is 1.41. The quantitative estimate of drug-likeness (QED) is 0.453. The van der Waals surface area contributed by atoms with E-state index in [1.165, 1.54) is 11.5 Å². The molecular weight excluding hydrogens is 120 g/mol. The summed E-state index contributed by atoms with van der Waals surface area (Å²) >= 11 is 0. The van der Waals surface area contributed by atoms with Crippen molar-refractivity contribution < 1.29 is 0 Å². The first-order valence-corrected chi connectivity index (χ1v) is 5.23. The second-order valence-electron chi connectivity index (χ2n) is 0.712. The van der Waals surface area contributed by atoms with Crippen LogP contribution in [0.15, 0.2) is 0 Å². The summed E-state index contributed by atoms with van der Waals surface area (Å²) in [6.07, 6.45) is 0. The maximum atomic E-state index is 1.95. The average molecular weight is 124 g/mol. The molecule has 5 heavy (non-hydrogen) atoms. The smallest absolute Gasteiger partial charge is 0.0145 e. The fourth-order valence-electron chi connectivity index (χ4n) is 0.170. The Hall–Kier alpha value is 1.05. The molecule has 1 aliphatic heterocycles. The summed E-state index contributed by atoms with van der Waals surface area (Å²) in [6, 6.07) is 0. The molecule has 0 bridgehead atoms. The van der Waals surface area contributed by atoms with Crippen molar-refractivity contribution in [3.05, 3.63) is 0 Å². The highest BCUT2D eigenvalue weighted by Gasteiger charge is 1.97. The Morgan fingerprint density at radius 3 is 1.80 bits per heavy atom. The summed E-state index contributed by atoms with van der Waals surface area (Å²) in [5, 5.41) is 0. The Morgan fingerprint density at radius 1 is 1.00 bits per heavy atom. The lowest BCUT2D eigenvalue weighted by Crippen LogP contribution is -1.64. The molecule has 1 aliphatic rings. The highest BCUT2D eigenvalue weighted by molar-refractivity contribution is 9.10. The first kappa shape index (κ1) is 4.22. The molecule has 30 valence electrons. The van der Waals surface area contributed by atoms with Gasteiger partial charge in [0, 0.05) is 11.5 Å². The molecule has 0 aromatic rings. The zero-order valence-corrected chi connectivity index (χ0v) is 5.09. The molecule has 0 aliphatic carbocycles. The van der Waals surface area contributed by atoms with Gasteiger partial charge in [-0.05, 0) is 9.83 Å². The van der Waals surface area contributed by atoms with Gasteiger partial charge in [-0.25, -0.2) is 0 Å². The second-order valence-corrected chi connectivity index (χ2v) is 5.18. The predicted octanol–water partition coefficient (Wildman–Crippen LogP) is 2.03. The van der Waals surface area contributed by atoms with Crippen LogP contribution in [0.3, 0.4) is 0 Å². The molecule has 0 atom stereocenters. The lowest BCUT2D eigenvalue weighted by molar-refractivity contribution is 1.59. The van der Waals surface area contributed by atoms with Crippen LogP contribution >= 0.6 is 31.4 Å². The van der Waals surface area contributed by atoms with E-state index >= 15 is 0 Å². The van der Waals surface area contributed by atoms with Gasteiger partial charge in [-0.15, -0.1) is 0 Å². The van der Waals surface area contributed by atoms with Crippen LogP contribution in [0.2, 0.25) is 0 Å². The van der Waals surface area contributed by atoms with Gasteiger partial charge >= 0.3 is 0 Å². The number of rotatable bonds is 0. The van der Waals surface area contributed by atoms with Gasteiger partial charge in [-0.3, -0.25) is 0 Å². The van der Waals surface area contributed by atoms with Crippen LogP contribution in [0, 0.1) is 0 Å². The Morgan fingerprint density at radius 2 is 1.60 bits per heavy atom. The summed E-state index contributed by atoms with van der Waals surface area (Å²) in [5.74, 6) is 2.69. The minimum Gasteiger partial charge on any atom is -0.0817 e. The van der Waals surface area contributed by atoms with Crippen molar-refractivity contribution in [1.29, 1.82) is 0 Å². The van der Waals surface area contributed by atoms with Gasteiger partial charge in [0.15, 0.2) is 0 Å². The highest BCUT2D eigenvalue weighted by Crippen LogP contribution is 2.41.